The molecule has 1 amide bonds. The van der Waals surface area contributed by atoms with Crippen molar-refractivity contribution in [3.63, 3.8) is 0 Å². The first-order valence-electron chi connectivity index (χ1n) is 6.61. The highest BCUT2D eigenvalue weighted by molar-refractivity contribution is 5.99. The SMILES string of the molecule is Cc1cc(C)c(C(N)=O)c(NC2(CC(=O)O)CCC2)n1. The molecule has 1 aromatic heterocycles. The van der Waals surface area contributed by atoms with E-state index in [1.54, 1.807) is 13.0 Å². The molecule has 1 heterocycles. The minimum Gasteiger partial charge on any atom is -0.481 e. The molecule has 1 fully saturated rings. The van der Waals surface area contributed by atoms with E-state index in [4.69, 9.17) is 10.8 Å². The maximum absolute atomic E-state index is 11.6. The van der Waals surface area contributed by atoms with Crippen molar-refractivity contribution in [1.29, 1.82) is 0 Å². The van der Waals surface area contributed by atoms with Gasteiger partial charge in [0.05, 0.1) is 12.0 Å². The van der Waals surface area contributed by atoms with Crippen LogP contribution in [0.4, 0.5) is 5.82 Å². The highest BCUT2D eigenvalue weighted by Gasteiger charge is 2.40. The number of anilines is 1. The molecule has 6 nitrogen and oxygen atoms in total. The van der Waals surface area contributed by atoms with Gasteiger partial charge < -0.3 is 16.2 Å². The predicted octanol–water partition coefficient (Wildman–Crippen LogP) is 1.61. The van der Waals surface area contributed by atoms with Crippen LogP contribution in [-0.2, 0) is 4.79 Å². The molecule has 0 unspecified atom stereocenters. The van der Waals surface area contributed by atoms with Crippen LogP contribution in [0, 0.1) is 13.8 Å². The molecule has 2 rings (SSSR count). The lowest BCUT2D eigenvalue weighted by molar-refractivity contribution is -0.138. The van der Waals surface area contributed by atoms with Gasteiger partial charge in [-0.15, -0.1) is 0 Å². The minimum absolute atomic E-state index is 0.0138. The van der Waals surface area contributed by atoms with Crippen LogP contribution in [0.2, 0.25) is 0 Å². The lowest BCUT2D eigenvalue weighted by Gasteiger charge is -2.42. The highest BCUT2D eigenvalue weighted by atomic mass is 16.4. The fourth-order valence-corrected chi connectivity index (χ4v) is 2.73. The van der Waals surface area contributed by atoms with Crippen molar-refractivity contribution < 1.29 is 14.7 Å². The molecule has 0 saturated heterocycles. The second kappa shape index (κ2) is 5.11. The number of nitrogens with zero attached hydrogens (tertiary/aromatic N) is 1. The van der Waals surface area contributed by atoms with Gasteiger partial charge in [0.1, 0.15) is 5.82 Å². The zero-order valence-electron chi connectivity index (χ0n) is 11.7. The summed E-state index contributed by atoms with van der Waals surface area (Å²) >= 11 is 0. The molecule has 0 aliphatic heterocycles. The fourth-order valence-electron chi connectivity index (χ4n) is 2.73. The van der Waals surface area contributed by atoms with E-state index in [1.165, 1.54) is 0 Å². The first-order valence-corrected chi connectivity index (χ1v) is 6.61. The second-order valence-corrected chi connectivity index (χ2v) is 5.50. The number of carboxylic acid groups (broad SMARTS) is 1. The molecule has 0 spiro atoms. The summed E-state index contributed by atoms with van der Waals surface area (Å²) in [5.41, 5.74) is 6.75. The number of nitrogens with one attached hydrogen (secondary N) is 1. The van der Waals surface area contributed by atoms with E-state index in [0.29, 0.717) is 11.4 Å². The van der Waals surface area contributed by atoms with E-state index < -0.39 is 17.4 Å². The molecule has 6 heteroatoms. The van der Waals surface area contributed by atoms with Gasteiger partial charge in [-0.05, 0) is 44.7 Å². The number of amides is 1. The Labute approximate surface area is 117 Å². The van der Waals surface area contributed by atoms with E-state index in [0.717, 1.165) is 30.5 Å². The summed E-state index contributed by atoms with van der Waals surface area (Å²) < 4.78 is 0. The second-order valence-electron chi connectivity index (χ2n) is 5.50. The molecule has 0 aromatic carbocycles. The van der Waals surface area contributed by atoms with Crippen LogP contribution in [0.1, 0.15) is 47.3 Å². The van der Waals surface area contributed by atoms with Crippen molar-refractivity contribution in [2.45, 2.75) is 45.1 Å². The summed E-state index contributed by atoms with van der Waals surface area (Å²) in [6.07, 6.45) is 2.50. The largest absolute Gasteiger partial charge is 0.481 e. The summed E-state index contributed by atoms with van der Waals surface area (Å²) in [5, 5.41) is 12.2. The molecule has 0 radical (unpaired) electrons. The first-order chi connectivity index (χ1) is 9.33. The zero-order valence-corrected chi connectivity index (χ0v) is 11.7. The number of aromatic nitrogens is 1. The quantitative estimate of drug-likeness (QED) is 0.758. The van der Waals surface area contributed by atoms with Crippen molar-refractivity contribution in [1.82, 2.24) is 4.98 Å². The number of carbonyl (C=O) groups is 2. The molecule has 108 valence electrons. The molecule has 4 N–H and O–H groups in total. The molecule has 20 heavy (non-hydrogen) atoms. The Balaban J connectivity index is 2.37. The van der Waals surface area contributed by atoms with Gasteiger partial charge in [0.25, 0.3) is 5.91 Å². The van der Waals surface area contributed by atoms with E-state index in [1.807, 2.05) is 6.92 Å². The number of hydrogen-bond acceptors (Lipinski definition) is 4. The lowest BCUT2D eigenvalue weighted by Crippen LogP contribution is -2.47. The number of rotatable bonds is 5. The zero-order chi connectivity index (χ0) is 14.9. The van der Waals surface area contributed by atoms with Crippen molar-refractivity contribution in [2.75, 3.05) is 5.32 Å². The van der Waals surface area contributed by atoms with E-state index in [9.17, 15) is 9.59 Å². The Morgan fingerprint density at radius 3 is 2.55 bits per heavy atom. The molecule has 0 bridgehead atoms. The Morgan fingerprint density at radius 2 is 2.10 bits per heavy atom. The lowest BCUT2D eigenvalue weighted by atomic mass is 9.74. The third kappa shape index (κ3) is 2.74. The van der Waals surface area contributed by atoms with Gasteiger partial charge in [0.2, 0.25) is 0 Å². The number of hydrogen-bond donors (Lipinski definition) is 3. The standard InChI is InChI=1S/C14H19N3O3/c1-8-6-9(2)16-13(11(8)12(15)20)17-14(4-3-5-14)7-10(18)19/h6H,3-5,7H2,1-2H3,(H2,15,20)(H,16,17)(H,18,19). The number of pyridine rings is 1. The smallest absolute Gasteiger partial charge is 0.305 e. The average molecular weight is 277 g/mol. The average Bonchev–Trinajstić information content (AvgIpc) is 2.23. The van der Waals surface area contributed by atoms with E-state index >= 15 is 0 Å². The van der Waals surface area contributed by atoms with Gasteiger partial charge in [0, 0.05) is 11.2 Å². The van der Waals surface area contributed by atoms with Gasteiger partial charge in [-0.2, -0.15) is 0 Å². The summed E-state index contributed by atoms with van der Waals surface area (Å²) in [7, 11) is 0. The molecular weight excluding hydrogens is 258 g/mol. The molecule has 1 saturated carbocycles. The Hall–Kier alpha value is -2.11. The summed E-state index contributed by atoms with van der Waals surface area (Å²) in [6, 6.07) is 1.79. The number of nitrogens with two attached hydrogens (primary N) is 1. The van der Waals surface area contributed by atoms with Gasteiger partial charge in [-0.1, -0.05) is 0 Å². The van der Waals surface area contributed by atoms with E-state index in [2.05, 4.69) is 10.3 Å². The highest BCUT2D eigenvalue weighted by Crippen LogP contribution is 2.38. The molecule has 1 aliphatic carbocycles. The van der Waals surface area contributed by atoms with Gasteiger partial charge in [-0.3, -0.25) is 9.59 Å². The topological polar surface area (TPSA) is 105 Å². The Kier molecular flexibility index (Phi) is 3.65. The summed E-state index contributed by atoms with van der Waals surface area (Å²) in [5.74, 6) is -1.01. The third-order valence-electron chi connectivity index (χ3n) is 3.77. The molecule has 1 aliphatic rings. The van der Waals surface area contributed by atoms with Gasteiger partial charge in [0.15, 0.2) is 0 Å². The third-order valence-corrected chi connectivity index (χ3v) is 3.77. The maximum Gasteiger partial charge on any atom is 0.305 e. The van der Waals surface area contributed by atoms with Crippen LogP contribution in [0.15, 0.2) is 6.07 Å². The van der Waals surface area contributed by atoms with Crippen LogP contribution in [0.5, 0.6) is 0 Å². The number of carboxylic acids is 1. The number of aryl methyl sites for hydroxylation is 2. The number of primary amides is 1. The minimum atomic E-state index is -0.859. The van der Waals surface area contributed by atoms with Crippen LogP contribution < -0.4 is 11.1 Å². The Morgan fingerprint density at radius 1 is 1.45 bits per heavy atom. The maximum atomic E-state index is 11.6. The van der Waals surface area contributed by atoms with E-state index in [-0.39, 0.29) is 6.42 Å². The Bertz CT molecular complexity index is 565. The van der Waals surface area contributed by atoms with Gasteiger partial charge >= 0.3 is 5.97 Å². The van der Waals surface area contributed by atoms with Crippen molar-refractivity contribution in [3.05, 3.63) is 22.9 Å². The van der Waals surface area contributed by atoms with Crippen LogP contribution >= 0.6 is 0 Å². The number of carbonyl (C=O) groups excluding carboxylic acids is 1. The van der Waals surface area contributed by atoms with Crippen molar-refractivity contribution in [3.8, 4) is 0 Å². The molecular formula is C14H19N3O3. The monoisotopic (exact) mass is 277 g/mol. The fraction of sp³-hybridized carbons (Fsp3) is 0.500. The van der Waals surface area contributed by atoms with Crippen LogP contribution in [0.3, 0.4) is 0 Å². The normalized spacial score (nSPS) is 16.3. The van der Waals surface area contributed by atoms with Gasteiger partial charge in [-0.25, -0.2) is 4.98 Å². The summed E-state index contributed by atoms with van der Waals surface area (Å²) in [6.45, 7) is 3.62. The van der Waals surface area contributed by atoms with Crippen LogP contribution in [-0.4, -0.2) is 27.5 Å². The van der Waals surface area contributed by atoms with Crippen LogP contribution in [0.25, 0.3) is 0 Å². The molecule has 0 atom stereocenters. The number of aliphatic carboxylic acids is 1. The molecule has 1 aromatic rings. The first kappa shape index (κ1) is 14.3. The predicted molar refractivity (Wildman–Crippen MR) is 74.7 cm³/mol. The van der Waals surface area contributed by atoms with Crippen molar-refractivity contribution in [2.24, 2.45) is 5.73 Å². The summed E-state index contributed by atoms with van der Waals surface area (Å²) in [4.78, 5) is 26.9. The van der Waals surface area contributed by atoms with Crippen molar-refractivity contribution >= 4 is 17.7 Å².